The van der Waals surface area contributed by atoms with E-state index >= 15 is 0 Å². The van der Waals surface area contributed by atoms with Gasteiger partial charge in [-0.1, -0.05) is 54.1 Å². The number of carbonyl (C=O) groups excluding carboxylic acids is 1. The summed E-state index contributed by atoms with van der Waals surface area (Å²) in [5.74, 6) is -1.11. The molecule has 1 atom stereocenters. The minimum Gasteiger partial charge on any atom is -0.479 e. The standard InChI is InChI=1S/C19H20ClNO4/c1-19(17(22)23,12-14-8-10-16(20)11-9-14)21(2)18(24)25-13-15-6-4-3-5-7-15/h3-11H,12-13H2,1-2H3,(H,22,23). The lowest BCUT2D eigenvalue weighted by Crippen LogP contribution is -2.54. The van der Waals surface area contributed by atoms with Gasteiger partial charge in [-0.3, -0.25) is 4.90 Å². The van der Waals surface area contributed by atoms with Crippen molar-refractivity contribution in [1.82, 2.24) is 4.90 Å². The first-order chi connectivity index (χ1) is 11.8. The van der Waals surface area contributed by atoms with Crippen molar-refractivity contribution < 1.29 is 19.4 Å². The van der Waals surface area contributed by atoms with E-state index in [0.29, 0.717) is 5.02 Å². The molecule has 0 aliphatic heterocycles. The second-order valence-corrected chi connectivity index (χ2v) is 6.42. The molecular formula is C19H20ClNO4. The molecule has 0 saturated carbocycles. The van der Waals surface area contributed by atoms with E-state index in [-0.39, 0.29) is 13.0 Å². The Morgan fingerprint density at radius 1 is 1.08 bits per heavy atom. The van der Waals surface area contributed by atoms with Gasteiger partial charge in [0.05, 0.1) is 0 Å². The Labute approximate surface area is 151 Å². The van der Waals surface area contributed by atoms with Crippen molar-refractivity contribution >= 4 is 23.7 Å². The molecule has 0 aliphatic rings. The molecule has 0 fully saturated rings. The number of benzene rings is 2. The first kappa shape index (κ1) is 18.8. The van der Waals surface area contributed by atoms with Crippen molar-refractivity contribution in [3.8, 4) is 0 Å². The van der Waals surface area contributed by atoms with Crippen molar-refractivity contribution in [3.63, 3.8) is 0 Å². The van der Waals surface area contributed by atoms with Crippen LogP contribution in [0.1, 0.15) is 18.1 Å². The number of hydrogen-bond donors (Lipinski definition) is 1. The number of rotatable bonds is 6. The van der Waals surface area contributed by atoms with E-state index in [9.17, 15) is 14.7 Å². The molecule has 1 N–H and O–H groups in total. The number of nitrogens with zero attached hydrogens (tertiary/aromatic N) is 1. The molecule has 0 spiro atoms. The summed E-state index contributed by atoms with van der Waals surface area (Å²) in [4.78, 5) is 25.3. The molecule has 2 aromatic rings. The van der Waals surface area contributed by atoms with E-state index in [0.717, 1.165) is 16.0 Å². The number of halogens is 1. The van der Waals surface area contributed by atoms with E-state index < -0.39 is 17.6 Å². The van der Waals surface area contributed by atoms with Crippen LogP contribution in [0, 0.1) is 0 Å². The third-order valence-corrected chi connectivity index (χ3v) is 4.39. The third-order valence-electron chi connectivity index (χ3n) is 4.14. The van der Waals surface area contributed by atoms with E-state index in [1.54, 1.807) is 24.3 Å². The van der Waals surface area contributed by atoms with E-state index in [1.807, 2.05) is 30.3 Å². The second-order valence-electron chi connectivity index (χ2n) is 5.98. The summed E-state index contributed by atoms with van der Waals surface area (Å²) in [6.45, 7) is 1.58. The van der Waals surface area contributed by atoms with Crippen molar-refractivity contribution in [2.75, 3.05) is 7.05 Å². The van der Waals surface area contributed by atoms with Gasteiger partial charge < -0.3 is 9.84 Å². The van der Waals surface area contributed by atoms with Crippen LogP contribution in [0.25, 0.3) is 0 Å². The monoisotopic (exact) mass is 361 g/mol. The Bertz CT molecular complexity index is 733. The highest BCUT2D eigenvalue weighted by atomic mass is 35.5. The van der Waals surface area contributed by atoms with Gasteiger partial charge in [0.15, 0.2) is 0 Å². The molecule has 25 heavy (non-hydrogen) atoms. The lowest BCUT2D eigenvalue weighted by molar-refractivity contribution is -0.148. The summed E-state index contributed by atoms with van der Waals surface area (Å²) in [5, 5.41) is 10.2. The molecule has 0 radical (unpaired) electrons. The molecule has 0 heterocycles. The van der Waals surface area contributed by atoms with Gasteiger partial charge in [0, 0.05) is 18.5 Å². The highest BCUT2D eigenvalue weighted by molar-refractivity contribution is 6.30. The predicted octanol–water partition coefficient (Wildman–Crippen LogP) is 3.99. The number of amides is 1. The molecule has 1 unspecified atom stereocenters. The number of ether oxygens (including phenoxy) is 1. The van der Waals surface area contributed by atoms with Crippen LogP contribution in [0.15, 0.2) is 54.6 Å². The zero-order valence-electron chi connectivity index (χ0n) is 14.1. The number of likely N-dealkylation sites (N-methyl/N-ethyl adjacent to an activating group) is 1. The molecular weight excluding hydrogens is 342 g/mol. The number of carboxylic acid groups (broad SMARTS) is 1. The van der Waals surface area contributed by atoms with Crippen LogP contribution < -0.4 is 0 Å². The smallest absolute Gasteiger partial charge is 0.410 e. The Morgan fingerprint density at radius 2 is 1.68 bits per heavy atom. The highest BCUT2D eigenvalue weighted by Gasteiger charge is 2.41. The summed E-state index contributed by atoms with van der Waals surface area (Å²) in [5.41, 5.74) is 0.151. The quantitative estimate of drug-likeness (QED) is 0.844. The average Bonchev–Trinajstić information content (AvgIpc) is 2.61. The van der Waals surface area contributed by atoms with Crippen molar-refractivity contribution in [3.05, 3.63) is 70.7 Å². The number of carbonyl (C=O) groups is 2. The fraction of sp³-hybridized carbons (Fsp3) is 0.263. The summed E-state index contributed by atoms with van der Waals surface area (Å²) in [6.07, 6.45) is -0.557. The second kappa shape index (κ2) is 8.03. The van der Waals surface area contributed by atoms with Gasteiger partial charge in [-0.25, -0.2) is 9.59 Å². The Balaban J connectivity index is 2.10. The minimum atomic E-state index is -1.44. The van der Waals surface area contributed by atoms with Crippen LogP contribution in [0.5, 0.6) is 0 Å². The molecule has 2 aromatic carbocycles. The van der Waals surface area contributed by atoms with Crippen LogP contribution in [0.2, 0.25) is 5.02 Å². The van der Waals surface area contributed by atoms with Crippen molar-refractivity contribution in [2.45, 2.75) is 25.5 Å². The van der Waals surface area contributed by atoms with Gasteiger partial charge >= 0.3 is 12.1 Å². The molecule has 5 nitrogen and oxygen atoms in total. The zero-order chi connectivity index (χ0) is 18.4. The topological polar surface area (TPSA) is 66.8 Å². The number of carboxylic acids is 1. The maximum atomic E-state index is 12.3. The zero-order valence-corrected chi connectivity index (χ0v) is 14.9. The third kappa shape index (κ3) is 4.73. The van der Waals surface area contributed by atoms with Crippen molar-refractivity contribution in [2.24, 2.45) is 0 Å². The van der Waals surface area contributed by atoms with Crippen molar-refractivity contribution in [1.29, 1.82) is 0 Å². The van der Waals surface area contributed by atoms with Gasteiger partial charge in [0.2, 0.25) is 0 Å². The number of hydrogen-bond acceptors (Lipinski definition) is 3. The highest BCUT2D eigenvalue weighted by Crippen LogP contribution is 2.23. The van der Waals surface area contributed by atoms with Gasteiger partial charge in [0.1, 0.15) is 12.1 Å². The van der Waals surface area contributed by atoms with E-state index in [1.165, 1.54) is 14.0 Å². The Hall–Kier alpha value is -2.53. The number of aliphatic carboxylic acids is 1. The van der Waals surface area contributed by atoms with Gasteiger partial charge in [-0.05, 0) is 30.2 Å². The van der Waals surface area contributed by atoms with Crippen LogP contribution >= 0.6 is 11.6 Å². The van der Waals surface area contributed by atoms with Crippen LogP contribution in [0.3, 0.4) is 0 Å². The maximum Gasteiger partial charge on any atom is 0.410 e. The molecule has 0 bridgehead atoms. The fourth-order valence-corrected chi connectivity index (χ4v) is 2.48. The largest absolute Gasteiger partial charge is 0.479 e. The maximum absolute atomic E-state index is 12.3. The molecule has 6 heteroatoms. The lowest BCUT2D eigenvalue weighted by Gasteiger charge is -2.34. The van der Waals surface area contributed by atoms with Gasteiger partial charge in [0.25, 0.3) is 0 Å². The van der Waals surface area contributed by atoms with Gasteiger partial charge in [-0.15, -0.1) is 0 Å². The molecule has 2 rings (SSSR count). The average molecular weight is 362 g/mol. The summed E-state index contributed by atoms with van der Waals surface area (Å²) in [6, 6.07) is 16.1. The van der Waals surface area contributed by atoms with Crippen LogP contribution in [0.4, 0.5) is 4.79 Å². The Morgan fingerprint density at radius 3 is 2.24 bits per heavy atom. The first-order valence-corrected chi connectivity index (χ1v) is 8.13. The SMILES string of the molecule is CN(C(=O)OCc1ccccc1)C(C)(Cc1ccc(Cl)cc1)C(=O)O. The van der Waals surface area contributed by atoms with E-state index in [4.69, 9.17) is 16.3 Å². The molecule has 0 aliphatic carbocycles. The minimum absolute atomic E-state index is 0.0840. The first-order valence-electron chi connectivity index (χ1n) is 7.75. The predicted molar refractivity (Wildman–Crippen MR) is 95.6 cm³/mol. The summed E-state index contributed by atoms with van der Waals surface area (Å²) < 4.78 is 5.25. The van der Waals surface area contributed by atoms with Crippen LogP contribution in [-0.2, 0) is 22.6 Å². The normalized spacial score (nSPS) is 12.9. The van der Waals surface area contributed by atoms with Crippen LogP contribution in [-0.4, -0.2) is 34.7 Å². The lowest BCUT2D eigenvalue weighted by atomic mass is 9.91. The Kier molecular flexibility index (Phi) is 6.04. The summed E-state index contributed by atoms with van der Waals surface area (Å²) >= 11 is 5.86. The molecule has 0 saturated heterocycles. The molecule has 1 amide bonds. The summed E-state index contributed by atoms with van der Waals surface area (Å²) in [7, 11) is 1.43. The molecule has 0 aromatic heterocycles. The fourth-order valence-electron chi connectivity index (χ4n) is 2.36. The molecule has 132 valence electrons. The van der Waals surface area contributed by atoms with Gasteiger partial charge in [-0.2, -0.15) is 0 Å². The van der Waals surface area contributed by atoms with E-state index in [2.05, 4.69) is 0 Å².